The molecule has 14 nitrogen and oxygen atoms in total. The summed E-state index contributed by atoms with van der Waals surface area (Å²) in [6, 6.07) is 12.1. The van der Waals surface area contributed by atoms with E-state index in [1.165, 1.54) is 10.8 Å². The zero-order chi connectivity index (χ0) is 31.5. The number of fused-ring (bicyclic) bond motifs is 1. The van der Waals surface area contributed by atoms with Crippen molar-refractivity contribution in [3.8, 4) is 11.8 Å². The molecule has 236 valence electrons. The van der Waals surface area contributed by atoms with Crippen molar-refractivity contribution in [3.05, 3.63) is 54.5 Å². The number of esters is 1. The van der Waals surface area contributed by atoms with Gasteiger partial charge in [-0.3, -0.25) is 9.32 Å². The molecule has 2 unspecified atom stereocenters. The molecular formula is C29H37N6O8P. The Labute approximate surface area is 254 Å². The maximum Gasteiger partial charge on any atom is 0.459 e. The summed E-state index contributed by atoms with van der Waals surface area (Å²) in [6.07, 6.45) is 0.881. The Hall–Kier alpha value is -3.57. The third-order valence-corrected chi connectivity index (χ3v) is 9.43. The zero-order valence-electron chi connectivity index (χ0n) is 24.5. The third-order valence-electron chi connectivity index (χ3n) is 7.91. The van der Waals surface area contributed by atoms with Crippen molar-refractivity contribution in [1.29, 1.82) is 5.26 Å². The van der Waals surface area contributed by atoms with Gasteiger partial charge in [-0.15, -0.1) is 0 Å². The van der Waals surface area contributed by atoms with Gasteiger partial charge >= 0.3 is 13.7 Å². The summed E-state index contributed by atoms with van der Waals surface area (Å²) in [4.78, 5) is 17.2. The number of nitrogens with zero attached hydrogens (tertiary/aromatic N) is 4. The average molecular weight is 629 g/mol. The molecule has 44 heavy (non-hydrogen) atoms. The van der Waals surface area contributed by atoms with E-state index in [9.17, 15) is 24.8 Å². The predicted molar refractivity (Wildman–Crippen MR) is 157 cm³/mol. The number of anilines is 1. The lowest BCUT2D eigenvalue weighted by atomic mass is 9.96. The van der Waals surface area contributed by atoms with Crippen molar-refractivity contribution < 1.29 is 38.1 Å². The molecule has 1 aliphatic heterocycles. The van der Waals surface area contributed by atoms with Crippen LogP contribution in [0.1, 0.15) is 57.7 Å². The fraction of sp³-hybridized carbons (Fsp3) is 0.517. The lowest BCUT2D eigenvalue weighted by Crippen LogP contribution is -2.47. The van der Waals surface area contributed by atoms with Gasteiger partial charge in [0.1, 0.15) is 60.7 Å². The van der Waals surface area contributed by atoms with Crippen molar-refractivity contribution in [3.63, 3.8) is 0 Å². The first-order chi connectivity index (χ1) is 21.1. The number of nitrogens with two attached hydrogens (primary N) is 1. The number of aromatic nitrogens is 3. The summed E-state index contributed by atoms with van der Waals surface area (Å²) in [7, 11) is -4.46. The van der Waals surface area contributed by atoms with E-state index in [-0.39, 0.29) is 23.6 Å². The number of nitrogens with one attached hydrogen (secondary N) is 1. The van der Waals surface area contributed by atoms with Crippen LogP contribution in [-0.4, -0.2) is 67.3 Å². The Kier molecular flexibility index (Phi) is 9.55. The molecule has 0 spiro atoms. The standard InChI is InChI=1S/C29H37N6O8P/c1-18(2)23(28(38)41-19-9-5-3-6-10-19)34-44(39,43-20-11-7-4-8-12-20)40-16-29(15-30)26(37)24(36)25(42-29)21-13-14-22-27(31)32-17-33-35(21)22/h4,7-8,11-14,17-19,23-26,36-37H,3,5-6,9-10,16H2,1-2H3,(H,34,39)(H2,31,32,33)/t23?,24-,25-,26-,29+,44?/m0/s1. The summed E-state index contributed by atoms with van der Waals surface area (Å²) in [5.41, 5.74) is 4.47. The monoisotopic (exact) mass is 628 g/mol. The van der Waals surface area contributed by atoms with Gasteiger partial charge in [-0.05, 0) is 55.9 Å². The molecule has 2 aromatic heterocycles. The minimum Gasteiger partial charge on any atom is -0.461 e. The van der Waals surface area contributed by atoms with E-state index in [1.54, 1.807) is 56.3 Å². The number of para-hydroxylation sites is 1. The number of nitriles is 1. The fourth-order valence-electron chi connectivity index (χ4n) is 5.43. The van der Waals surface area contributed by atoms with E-state index in [1.807, 2.05) is 6.07 Å². The highest BCUT2D eigenvalue weighted by molar-refractivity contribution is 7.52. The normalized spacial score (nSPS) is 26.2. The van der Waals surface area contributed by atoms with Gasteiger partial charge in [-0.25, -0.2) is 14.1 Å². The number of aliphatic hydroxyl groups is 2. The molecule has 1 aliphatic carbocycles. The number of benzene rings is 1. The zero-order valence-corrected chi connectivity index (χ0v) is 25.4. The first-order valence-corrected chi connectivity index (χ1v) is 16.1. The largest absolute Gasteiger partial charge is 0.461 e. The first-order valence-electron chi connectivity index (χ1n) is 14.6. The Morgan fingerprint density at radius 2 is 1.95 bits per heavy atom. The molecule has 2 aliphatic rings. The van der Waals surface area contributed by atoms with Crippen LogP contribution in [0.5, 0.6) is 5.75 Å². The predicted octanol–water partition coefficient (Wildman–Crippen LogP) is 3.06. The van der Waals surface area contributed by atoms with Gasteiger partial charge in [0, 0.05) is 0 Å². The van der Waals surface area contributed by atoms with Crippen molar-refractivity contribution in [1.82, 2.24) is 19.7 Å². The van der Waals surface area contributed by atoms with Crippen molar-refractivity contribution in [2.45, 2.75) is 82.0 Å². The van der Waals surface area contributed by atoms with Crippen LogP contribution in [0.2, 0.25) is 0 Å². The molecule has 15 heteroatoms. The van der Waals surface area contributed by atoms with Crippen molar-refractivity contribution >= 4 is 25.1 Å². The Balaban J connectivity index is 1.39. The summed E-state index contributed by atoms with van der Waals surface area (Å²) in [6.45, 7) is 2.72. The molecule has 3 heterocycles. The second-order valence-corrected chi connectivity index (χ2v) is 13.1. The van der Waals surface area contributed by atoms with Crippen molar-refractivity contribution in [2.24, 2.45) is 5.92 Å². The smallest absolute Gasteiger partial charge is 0.459 e. The summed E-state index contributed by atoms with van der Waals surface area (Å²) in [5.74, 6) is -0.638. The van der Waals surface area contributed by atoms with Gasteiger partial charge in [-0.2, -0.15) is 15.4 Å². The molecule has 1 aromatic carbocycles. The minimum atomic E-state index is -4.46. The van der Waals surface area contributed by atoms with Crippen LogP contribution in [0.3, 0.4) is 0 Å². The van der Waals surface area contributed by atoms with E-state index in [0.717, 1.165) is 32.1 Å². The van der Waals surface area contributed by atoms with Gasteiger partial charge in [-0.1, -0.05) is 38.5 Å². The maximum absolute atomic E-state index is 14.3. The maximum atomic E-state index is 14.3. The summed E-state index contributed by atoms with van der Waals surface area (Å²) < 4.78 is 38.9. The lowest BCUT2D eigenvalue weighted by molar-refractivity contribution is -0.154. The second kappa shape index (κ2) is 13.2. The molecule has 6 atom stereocenters. The molecule has 0 bridgehead atoms. The van der Waals surface area contributed by atoms with Gasteiger partial charge in [0.2, 0.25) is 5.60 Å². The van der Waals surface area contributed by atoms with Gasteiger partial charge in [0.15, 0.2) is 5.82 Å². The highest BCUT2D eigenvalue weighted by atomic mass is 31.2. The number of hydrogen-bond acceptors (Lipinski definition) is 12. The number of carbonyl (C=O) groups is 1. The Bertz CT molecular complexity index is 1540. The van der Waals surface area contributed by atoms with Crippen LogP contribution >= 0.6 is 7.75 Å². The average Bonchev–Trinajstić information content (AvgIpc) is 3.55. The Morgan fingerprint density at radius 3 is 2.64 bits per heavy atom. The fourth-order valence-corrected chi connectivity index (χ4v) is 7.12. The van der Waals surface area contributed by atoms with Gasteiger partial charge in [0.05, 0.1) is 5.69 Å². The quantitative estimate of drug-likeness (QED) is 0.178. The van der Waals surface area contributed by atoms with Crippen LogP contribution in [0.15, 0.2) is 48.8 Å². The molecule has 2 fully saturated rings. The Morgan fingerprint density at radius 1 is 1.23 bits per heavy atom. The molecule has 5 N–H and O–H groups in total. The third kappa shape index (κ3) is 6.58. The van der Waals surface area contributed by atoms with Crippen molar-refractivity contribution in [2.75, 3.05) is 12.3 Å². The van der Waals surface area contributed by atoms with Crippen LogP contribution in [0, 0.1) is 17.2 Å². The number of carbonyl (C=O) groups excluding carboxylic acids is 1. The molecule has 1 saturated heterocycles. The molecule has 5 rings (SSSR count). The molecular weight excluding hydrogens is 591 g/mol. The number of rotatable bonds is 11. The van der Waals surface area contributed by atoms with Gasteiger partial charge < -0.3 is 29.9 Å². The number of hydrogen-bond donors (Lipinski definition) is 4. The molecule has 3 aromatic rings. The first kappa shape index (κ1) is 31.8. The number of aliphatic hydroxyl groups excluding tert-OH is 2. The topological polar surface area (TPSA) is 204 Å². The second-order valence-electron chi connectivity index (χ2n) is 11.4. The van der Waals surface area contributed by atoms with Crippen LogP contribution in [0.25, 0.3) is 5.52 Å². The highest BCUT2D eigenvalue weighted by Gasteiger charge is 2.57. The van der Waals surface area contributed by atoms with E-state index in [2.05, 4.69) is 15.2 Å². The minimum absolute atomic E-state index is 0.167. The lowest BCUT2D eigenvalue weighted by Gasteiger charge is -2.31. The number of nitrogen functional groups attached to an aromatic ring is 1. The molecule has 0 radical (unpaired) electrons. The van der Waals surface area contributed by atoms with Crippen LogP contribution < -0.4 is 15.3 Å². The SMILES string of the molecule is CC(C)C(NP(=O)(OC[C@@]1(C#N)O[C@@H](c2ccc3c(N)ncnn23)[C@H](O)[C@@H]1O)Oc1ccccc1)C(=O)OC1CCCCC1. The number of ether oxygens (including phenoxy) is 2. The van der Waals surface area contributed by atoms with Gasteiger partial charge in [0.25, 0.3) is 0 Å². The van der Waals surface area contributed by atoms with E-state index >= 15 is 0 Å². The van der Waals surface area contributed by atoms with Crippen LogP contribution in [-0.2, 0) is 23.4 Å². The summed E-state index contributed by atoms with van der Waals surface area (Å²) >= 11 is 0. The van der Waals surface area contributed by atoms with Crippen LogP contribution in [0.4, 0.5) is 5.82 Å². The summed E-state index contributed by atoms with van der Waals surface area (Å²) in [5, 5.41) is 39.1. The van der Waals surface area contributed by atoms with E-state index in [0.29, 0.717) is 11.2 Å². The highest BCUT2D eigenvalue weighted by Crippen LogP contribution is 2.49. The molecule has 1 saturated carbocycles. The van der Waals surface area contributed by atoms with E-state index in [4.69, 9.17) is 24.3 Å². The molecule has 0 amide bonds. The van der Waals surface area contributed by atoms with E-state index < -0.39 is 50.3 Å².